The molecule has 0 aromatic heterocycles. The zero-order valence-electron chi connectivity index (χ0n) is 7.79. The molecule has 2 N–H and O–H groups in total. The number of benzene rings is 1. The molecule has 1 aromatic carbocycles. The maximum atomic E-state index is 10.9. The molecule has 1 unspecified atom stereocenters. The maximum Gasteiger partial charge on any atom is 0.290 e. The molecule has 1 aliphatic carbocycles. The first-order valence-electron chi connectivity index (χ1n) is 4.43. The van der Waals surface area contributed by atoms with Gasteiger partial charge in [-0.15, -0.1) is 0 Å². The first-order chi connectivity index (χ1) is 6.98. The Labute approximate surface area is 87.6 Å². The fourth-order valence-corrected chi connectivity index (χ4v) is 2.30. The van der Waals surface area contributed by atoms with Crippen LogP contribution in [0.15, 0.2) is 29.2 Å². The molecule has 0 amide bonds. The van der Waals surface area contributed by atoms with Crippen molar-refractivity contribution in [3.05, 3.63) is 40.3 Å². The molecule has 0 heterocycles. The number of hydrogen-bond acceptors (Lipinski definition) is 3. The molecule has 0 radical (unpaired) electrons. The minimum atomic E-state index is -4.20. The number of aliphatic hydroxyl groups is 1. The van der Waals surface area contributed by atoms with Gasteiger partial charge in [0.25, 0.3) is 10.1 Å². The van der Waals surface area contributed by atoms with E-state index in [1.807, 2.05) is 0 Å². The van der Waals surface area contributed by atoms with Crippen molar-refractivity contribution in [2.45, 2.75) is 12.5 Å². The Morgan fingerprint density at radius 2 is 1.93 bits per heavy atom. The third-order valence-corrected chi connectivity index (χ3v) is 3.34. The summed E-state index contributed by atoms with van der Waals surface area (Å²) in [6, 6.07) is 6.95. The van der Waals surface area contributed by atoms with E-state index in [0.29, 0.717) is 11.1 Å². The highest BCUT2D eigenvalue weighted by Crippen LogP contribution is 2.33. The van der Waals surface area contributed by atoms with Crippen LogP contribution in [0.2, 0.25) is 0 Å². The van der Waals surface area contributed by atoms with Crippen molar-refractivity contribution in [3.63, 3.8) is 0 Å². The minimum absolute atomic E-state index is 0.0736. The van der Waals surface area contributed by atoms with E-state index >= 15 is 0 Å². The van der Waals surface area contributed by atoms with E-state index in [1.54, 1.807) is 24.3 Å². The highest BCUT2D eigenvalue weighted by Gasteiger charge is 2.25. The molecular formula is C10H10O4S. The Morgan fingerprint density at radius 3 is 2.60 bits per heavy atom. The number of fused-ring (bicyclic) bond motifs is 1. The average molecular weight is 226 g/mol. The van der Waals surface area contributed by atoms with Gasteiger partial charge in [-0.25, -0.2) is 0 Å². The summed E-state index contributed by atoms with van der Waals surface area (Å²) in [5, 5.41) is 9.68. The summed E-state index contributed by atoms with van der Waals surface area (Å²) >= 11 is 0. The monoisotopic (exact) mass is 226 g/mol. The lowest BCUT2D eigenvalue weighted by Crippen LogP contribution is -2.12. The Bertz CT molecular complexity index is 516. The summed E-state index contributed by atoms with van der Waals surface area (Å²) in [5.74, 6) is 0. The lowest BCUT2D eigenvalue weighted by molar-refractivity contribution is 0.178. The van der Waals surface area contributed by atoms with Gasteiger partial charge < -0.3 is 5.11 Å². The number of hydrogen-bond donors (Lipinski definition) is 2. The summed E-state index contributed by atoms with van der Waals surface area (Å²) in [6.07, 6.45) is 0.441. The van der Waals surface area contributed by atoms with Gasteiger partial charge in [0, 0.05) is 6.42 Å². The van der Waals surface area contributed by atoms with Gasteiger partial charge in [0.15, 0.2) is 0 Å². The fourth-order valence-electron chi connectivity index (χ4n) is 1.66. The SMILES string of the molecule is O=S(=O)(O)C1=Cc2ccccc2C(O)C1. The number of aliphatic hydroxyl groups excluding tert-OH is 1. The molecule has 0 bridgehead atoms. The van der Waals surface area contributed by atoms with E-state index in [9.17, 15) is 13.5 Å². The van der Waals surface area contributed by atoms with Crippen LogP contribution in [0, 0.1) is 0 Å². The van der Waals surface area contributed by atoms with Crippen LogP contribution in [0.4, 0.5) is 0 Å². The van der Waals surface area contributed by atoms with Crippen molar-refractivity contribution < 1.29 is 18.1 Å². The van der Waals surface area contributed by atoms with Gasteiger partial charge >= 0.3 is 0 Å². The normalized spacial score (nSPS) is 20.7. The minimum Gasteiger partial charge on any atom is -0.388 e. The third-order valence-electron chi connectivity index (χ3n) is 2.40. The molecule has 1 aliphatic rings. The maximum absolute atomic E-state index is 10.9. The molecule has 0 aliphatic heterocycles. The first-order valence-corrected chi connectivity index (χ1v) is 5.87. The van der Waals surface area contributed by atoms with E-state index in [0.717, 1.165) is 0 Å². The number of rotatable bonds is 1. The predicted octanol–water partition coefficient (Wildman–Crippen LogP) is 1.35. The largest absolute Gasteiger partial charge is 0.388 e. The fraction of sp³-hybridized carbons (Fsp3) is 0.200. The standard InChI is InChI=1S/C10H10O4S/c11-10-6-8(15(12,13)14)5-7-3-1-2-4-9(7)10/h1-5,10-11H,6H2,(H,12,13,14). The van der Waals surface area contributed by atoms with Crippen molar-refractivity contribution in [1.82, 2.24) is 0 Å². The predicted molar refractivity (Wildman–Crippen MR) is 55.5 cm³/mol. The van der Waals surface area contributed by atoms with E-state index in [2.05, 4.69) is 0 Å². The van der Waals surface area contributed by atoms with E-state index < -0.39 is 16.2 Å². The lowest BCUT2D eigenvalue weighted by Gasteiger charge is -2.19. The molecule has 0 fully saturated rings. The zero-order valence-corrected chi connectivity index (χ0v) is 8.61. The van der Waals surface area contributed by atoms with Gasteiger partial charge in [0.05, 0.1) is 11.0 Å². The molecule has 0 saturated carbocycles. The van der Waals surface area contributed by atoms with E-state index in [4.69, 9.17) is 4.55 Å². The topological polar surface area (TPSA) is 74.6 Å². The van der Waals surface area contributed by atoms with Crippen LogP contribution in [0.25, 0.3) is 6.08 Å². The molecule has 5 heteroatoms. The molecule has 1 atom stereocenters. The second kappa shape index (κ2) is 3.44. The summed E-state index contributed by atoms with van der Waals surface area (Å²) in [6.45, 7) is 0. The molecule has 0 spiro atoms. The average Bonchev–Trinajstić information content (AvgIpc) is 2.16. The zero-order chi connectivity index (χ0) is 11.1. The molecule has 4 nitrogen and oxygen atoms in total. The van der Waals surface area contributed by atoms with Gasteiger partial charge in [-0.05, 0) is 17.2 Å². The Hall–Kier alpha value is -1.17. The summed E-state index contributed by atoms with van der Waals surface area (Å²) in [5.41, 5.74) is 1.31. The smallest absolute Gasteiger partial charge is 0.290 e. The van der Waals surface area contributed by atoms with Gasteiger partial charge in [-0.2, -0.15) is 8.42 Å². The van der Waals surface area contributed by atoms with Crippen molar-refractivity contribution in [1.29, 1.82) is 0 Å². The Balaban J connectivity index is 2.57. The molecule has 15 heavy (non-hydrogen) atoms. The molecular weight excluding hydrogens is 216 g/mol. The van der Waals surface area contributed by atoms with E-state index in [1.165, 1.54) is 6.08 Å². The molecule has 80 valence electrons. The summed E-state index contributed by atoms with van der Waals surface area (Å²) in [7, 11) is -4.20. The Morgan fingerprint density at radius 1 is 1.27 bits per heavy atom. The molecule has 0 saturated heterocycles. The molecule has 1 aromatic rings. The van der Waals surface area contributed by atoms with Crippen LogP contribution >= 0.6 is 0 Å². The van der Waals surface area contributed by atoms with Crippen LogP contribution < -0.4 is 0 Å². The Kier molecular flexibility index (Phi) is 2.38. The third kappa shape index (κ3) is 1.94. The van der Waals surface area contributed by atoms with Gasteiger partial charge in [0.2, 0.25) is 0 Å². The van der Waals surface area contributed by atoms with Crippen LogP contribution in [-0.4, -0.2) is 18.1 Å². The second-order valence-electron chi connectivity index (χ2n) is 3.43. The quantitative estimate of drug-likeness (QED) is 0.709. The van der Waals surface area contributed by atoms with E-state index in [-0.39, 0.29) is 11.3 Å². The summed E-state index contributed by atoms with van der Waals surface area (Å²) < 4.78 is 30.7. The van der Waals surface area contributed by atoms with Crippen molar-refractivity contribution in [3.8, 4) is 0 Å². The lowest BCUT2D eigenvalue weighted by atomic mass is 9.95. The highest BCUT2D eigenvalue weighted by molar-refractivity contribution is 7.90. The first kappa shape index (κ1) is 10.4. The van der Waals surface area contributed by atoms with Crippen molar-refractivity contribution in [2.75, 3.05) is 0 Å². The van der Waals surface area contributed by atoms with Crippen LogP contribution in [0.1, 0.15) is 23.7 Å². The van der Waals surface area contributed by atoms with Gasteiger partial charge in [-0.3, -0.25) is 4.55 Å². The highest BCUT2D eigenvalue weighted by atomic mass is 32.2. The van der Waals surface area contributed by atoms with Crippen LogP contribution in [0.5, 0.6) is 0 Å². The molecule has 2 rings (SSSR count). The second-order valence-corrected chi connectivity index (χ2v) is 4.91. The van der Waals surface area contributed by atoms with Gasteiger partial charge in [0.1, 0.15) is 0 Å². The van der Waals surface area contributed by atoms with Crippen LogP contribution in [0.3, 0.4) is 0 Å². The van der Waals surface area contributed by atoms with Crippen LogP contribution in [-0.2, 0) is 10.1 Å². The van der Waals surface area contributed by atoms with Crippen molar-refractivity contribution >= 4 is 16.2 Å². The van der Waals surface area contributed by atoms with Crippen molar-refractivity contribution in [2.24, 2.45) is 0 Å². The van der Waals surface area contributed by atoms with Gasteiger partial charge in [-0.1, -0.05) is 24.3 Å². The summed E-state index contributed by atoms with van der Waals surface area (Å²) in [4.78, 5) is -0.145.